The Morgan fingerprint density at radius 1 is 0.769 bits per heavy atom. The molecule has 0 spiro atoms. The normalized spacial score (nSPS) is 12.4. The molecule has 3 rings (SSSR count). The average Bonchev–Trinajstić information content (AvgIpc) is 3.04. The molecule has 0 aliphatic carbocycles. The van der Waals surface area contributed by atoms with Crippen LogP contribution in [-0.4, -0.2) is 21.4 Å². The third-order valence-corrected chi connectivity index (χ3v) is 3.85. The van der Waals surface area contributed by atoms with Crippen molar-refractivity contribution in [2.45, 2.75) is 25.9 Å². The summed E-state index contributed by atoms with van der Waals surface area (Å²) in [6.07, 6.45) is -5.70. The van der Waals surface area contributed by atoms with E-state index in [0.29, 0.717) is 11.8 Å². The molecule has 0 saturated carbocycles. The number of aromatic amines is 1. The van der Waals surface area contributed by atoms with Crippen LogP contribution in [0.1, 0.15) is 16.8 Å². The molecule has 0 radical (unpaired) electrons. The minimum absolute atomic E-state index is 0.0824. The molecule has 3 aromatic rings. The number of benzene rings is 1. The van der Waals surface area contributed by atoms with Crippen molar-refractivity contribution < 1.29 is 22.0 Å². The summed E-state index contributed by atoms with van der Waals surface area (Å²) in [5, 5.41) is 5.37. The minimum atomic E-state index is -5.70. The Labute approximate surface area is 145 Å². The third-order valence-electron chi connectivity index (χ3n) is 3.85. The molecule has 3 nitrogen and oxygen atoms in total. The van der Waals surface area contributed by atoms with Crippen molar-refractivity contribution in [3.05, 3.63) is 59.3 Å². The Bertz CT molecular complexity index is 927. The van der Waals surface area contributed by atoms with E-state index < -0.39 is 17.8 Å². The summed E-state index contributed by atoms with van der Waals surface area (Å²) < 4.78 is 64.4. The van der Waals surface area contributed by atoms with E-state index in [2.05, 4.69) is 10.1 Å². The van der Waals surface area contributed by atoms with Crippen molar-refractivity contribution in [2.75, 3.05) is 0 Å². The Morgan fingerprint density at radius 3 is 2.00 bits per heavy atom. The summed E-state index contributed by atoms with van der Waals surface area (Å²) in [7, 11) is 0. The average molecular weight is 367 g/mol. The van der Waals surface area contributed by atoms with E-state index in [1.807, 2.05) is 31.2 Å². The summed E-state index contributed by atoms with van der Waals surface area (Å²) in [6, 6.07) is 11.6. The second-order valence-corrected chi connectivity index (χ2v) is 6.02. The van der Waals surface area contributed by atoms with Crippen molar-refractivity contribution in [1.29, 1.82) is 0 Å². The number of H-pyrrole nitrogens is 1. The molecular weight excluding hydrogens is 353 g/mol. The van der Waals surface area contributed by atoms with Gasteiger partial charge in [-0.3, -0.25) is 5.10 Å². The van der Waals surface area contributed by atoms with Crippen LogP contribution in [0.4, 0.5) is 22.0 Å². The van der Waals surface area contributed by atoms with Gasteiger partial charge < -0.3 is 0 Å². The molecule has 1 N–H and O–H groups in total. The zero-order valence-corrected chi connectivity index (χ0v) is 13.8. The van der Waals surface area contributed by atoms with Crippen molar-refractivity contribution in [3.8, 4) is 22.6 Å². The lowest BCUT2D eigenvalue weighted by Crippen LogP contribution is -2.34. The van der Waals surface area contributed by atoms with Crippen LogP contribution in [0, 0.1) is 13.8 Å². The molecule has 26 heavy (non-hydrogen) atoms. The quantitative estimate of drug-likeness (QED) is 0.629. The van der Waals surface area contributed by atoms with E-state index in [0.717, 1.165) is 16.7 Å². The standard InChI is InChI=1S/C18H14F5N3/c1-10-3-5-12(6-4-10)13-7-11(2)8-14(24-13)15-9-16(26-25-15)17(19,20)18(21,22)23/h3-9H,1-2H3,(H,25,26). The number of hydrogen-bond donors (Lipinski definition) is 1. The van der Waals surface area contributed by atoms with Gasteiger partial charge in [0.15, 0.2) is 0 Å². The number of pyridine rings is 1. The highest BCUT2D eigenvalue weighted by Gasteiger charge is 2.60. The lowest BCUT2D eigenvalue weighted by molar-refractivity contribution is -0.290. The molecule has 2 aromatic heterocycles. The highest BCUT2D eigenvalue weighted by Crippen LogP contribution is 2.43. The third kappa shape index (κ3) is 3.31. The molecule has 1 aromatic carbocycles. The van der Waals surface area contributed by atoms with Gasteiger partial charge in [0.25, 0.3) is 0 Å². The molecule has 0 bridgehead atoms. The highest BCUT2D eigenvalue weighted by molar-refractivity contribution is 5.66. The zero-order valence-electron chi connectivity index (χ0n) is 13.8. The fourth-order valence-electron chi connectivity index (χ4n) is 2.44. The molecule has 0 saturated heterocycles. The molecule has 2 heterocycles. The lowest BCUT2D eigenvalue weighted by atomic mass is 10.1. The molecule has 8 heteroatoms. The smallest absolute Gasteiger partial charge is 0.275 e. The monoisotopic (exact) mass is 367 g/mol. The molecule has 0 amide bonds. The van der Waals surface area contributed by atoms with Gasteiger partial charge in [0.05, 0.1) is 11.4 Å². The first-order valence-corrected chi connectivity index (χ1v) is 7.64. The SMILES string of the molecule is Cc1ccc(-c2cc(C)cc(-c3cc(C(F)(F)C(F)(F)F)[nH]n3)n2)cc1. The molecule has 0 unspecified atom stereocenters. The van der Waals surface area contributed by atoms with Crippen LogP contribution < -0.4 is 0 Å². The Hall–Kier alpha value is -2.77. The van der Waals surface area contributed by atoms with Crippen LogP contribution in [0.15, 0.2) is 42.5 Å². The lowest BCUT2D eigenvalue weighted by Gasteiger charge is -2.17. The summed E-state index contributed by atoms with van der Waals surface area (Å²) in [5.41, 5.74) is 2.02. The van der Waals surface area contributed by atoms with Crippen LogP contribution in [-0.2, 0) is 5.92 Å². The van der Waals surface area contributed by atoms with Crippen molar-refractivity contribution in [3.63, 3.8) is 0 Å². The zero-order chi connectivity index (χ0) is 19.1. The topological polar surface area (TPSA) is 41.6 Å². The number of nitrogens with zero attached hydrogens (tertiary/aromatic N) is 2. The first kappa shape index (κ1) is 18.0. The number of aryl methyl sites for hydroxylation is 2. The summed E-state index contributed by atoms with van der Waals surface area (Å²) in [5.74, 6) is -5.01. The summed E-state index contributed by atoms with van der Waals surface area (Å²) >= 11 is 0. The van der Waals surface area contributed by atoms with Crippen LogP contribution >= 0.6 is 0 Å². The molecular formula is C18H14F5N3. The van der Waals surface area contributed by atoms with Crippen LogP contribution in [0.25, 0.3) is 22.6 Å². The summed E-state index contributed by atoms with van der Waals surface area (Å²) in [6.45, 7) is 3.71. The fourth-order valence-corrected chi connectivity index (χ4v) is 2.44. The van der Waals surface area contributed by atoms with E-state index in [-0.39, 0.29) is 11.4 Å². The number of rotatable bonds is 3. The molecule has 0 atom stereocenters. The maximum atomic E-state index is 13.4. The van der Waals surface area contributed by atoms with Gasteiger partial charge in [-0.2, -0.15) is 27.1 Å². The number of aromatic nitrogens is 3. The first-order chi connectivity index (χ1) is 12.1. The molecule has 0 aliphatic rings. The van der Waals surface area contributed by atoms with Gasteiger partial charge in [0.2, 0.25) is 0 Å². The van der Waals surface area contributed by atoms with Crippen molar-refractivity contribution in [2.24, 2.45) is 0 Å². The highest BCUT2D eigenvalue weighted by atomic mass is 19.4. The van der Waals surface area contributed by atoms with E-state index in [1.165, 1.54) is 0 Å². The molecule has 0 aliphatic heterocycles. The summed E-state index contributed by atoms with van der Waals surface area (Å²) in [4.78, 5) is 4.35. The van der Waals surface area contributed by atoms with E-state index in [9.17, 15) is 22.0 Å². The number of halogens is 5. The number of hydrogen-bond acceptors (Lipinski definition) is 2. The Morgan fingerprint density at radius 2 is 1.38 bits per heavy atom. The largest absolute Gasteiger partial charge is 0.459 e. The van der Waals surface area contributed by atoms with Gasteiger partial charge in [0, 0.05) is 5.56 Å². The van der Waals surface area contributed by atoms with Gasteiger partial charge in [0.1, 0.15) is 11.4 Å². The number of alkyl halides is 5. The predicted molar refractivity (Wildman–Crippen MR) is 86.7 cm³/mol. The van der Waals surface area contributed by atoms with Gasteiger partial charge in [-0.25, -0.2) is 4.98 Å². The van der Waals surface area contributed by atoms with E-state index in [1.54, 1.807) is 24.2 Å². The predicted octanol–water partition coefficient (Wildman–Crippen LogP) is 5.41. The number of nitrogens with one attached hydrogen (secondary N) is 1. The minimum Gasteiger partial charge on any atom is -0.275 e. The van der Waals surface area contributed by atoms with Crippen LogP contribution in [0.5, 0.6) is 0 Å². The first-order valence-electron chi connectivity index (χ1n) is 7.64. The Balaban J connectivity index is 2.02. The van der Waals surface area contributed by atoms with Gasteiger partial charge in [-0.05, 0) is 37.6 Å². The van der Waals surface area contributed by atoms with Crippen molar-refractivity contribution in [1.82, 2.24) is 15.2 Å². The molecule has 0 fully saturated rings. The van der Waals surface area contributed by atoms with Gasteiger partial charge >= 0.3 is 12.1 Å². The fraction of sp³-hybridized carbons (Fsp3) is 0.222. The maximum absolute atomic E-state index is 13.4. The van der Waals surface area contributed by atoms with Crippen LogP contribution in [0.2, 0.25) is 0 Å². The maximum Gasteiger partial charge on any atom is 0.459 e. The Kier molecular flexibility index (Phi) is 4.29. The van der Waals surface area contributed by atoms with Gasteiger partial charge in [-0.1, -0.05) is 29.8 Å². The second-order valence-electron chi connectivity index (χ2n) is 6.02. The molecule has 136 valence electrons. The van der Waals surface area contributed by atoms with Gasteiger partial charge in [-0.15, -0.1) is 0 Å². The second kappa shape index (κ2) is 6.19. The van der Waals surface area contributed by atoms with Crippen molar-refractivity contribution >= 4 is 0 Å². The van der Waals surface area contributed by atoms with Crippen LogP contribution in [0.3, 0.4) is 0 Å². The van der Waals surface area contributed by atoms with E-state index in [4.69, 9.17) is 0 Å². The van der Waals surface area contributed by atoms with E-state index >= 15 is 0 Å².